The average molecular weight is 385 g/mol. The van der Waals surface area contributed by atoms with Crippen LogP contribution in [0, 0.1) is 6.92 Å². The van der Waals surface area contributed by atoms with Crippen molar-refractivity contribution in [3.8, 4) is 0 Å². The zero-order chi connectivity index (χ0) is 16.8. The molecule has 1 unspecified atom stereocenters. The van der Waals surface area contributed by atoms with Crippen LogP contribution in [0.5, 0.6) is 0 Å². The van der Waals surface area contributed by atoms with Crippen LogP contribution in [0.3, 0.4) is 0 Å². The second kappa shape index (κ2) is 8.34. The summed E-state index contributed by atoms with van der Waals surface area (Å²) in [7, 11) is -4.67. The van der Waals surface area contributed by atoms with Crippen LogP contribution in [0.1, 0.15) is 12.5 Å². The Labute approximate surface area is 136 Å². The molecule has 0 amide bonds. The third-order valence-electron chi connectivity index (χ3n) is 2.95. The van der Waals surface area contributed by atoms with Crippen molar-refractivity contribution < 1.29 is 17.5 Å². The number of rotatable bonds is 3. The fourth-order valence-electron chi connectivity index (χ4n) is 2.07. The van der Waals surface area contributed by atoms with Crippen LogP contribution in [0.25, 0.3) is 0 Å². The van der Waals surface area contributed by atoms with E-state index < -0.39 is 25.1 Å². The molecule has 22 heavy (non-hydrogen) atoms. The van der Waals surface area contributed by atoms with Gasteiger partial charge in [-0.1, -0.05) is 0 Å². The van der Waals surface area contributed by atoms with Gasteiger partial charge in [-0.2, -0.15) is 8.42 Å². The predicted octanol–water partition coefficient (Wildman–Crippen LogP) is 1.55. The van der Waals surface area contributed by atoms with E-state index in [0.29, 0.717) is 0 Å². The summed E-state index contributed by atoms with van der Waals surface area (Å²) >= 11 is -1.21. The van der Waals surface area contributed by atoms with E-state index in [2.05, 4.69) is 50.2 Å². The van der Waals surface area contributed by atoms with Gasteiger partial charge in [0, 0.05) is 0 Å². The fourth-order valence-corrected chi connectivity index (χ4v) is 7.02. The van der Waals surface area contributed by atoms with E-state index in [1.54, 1.807) is 0 Å². The van der Waals surface area contributed by atoms with Gasteiger partial charge in [0.1, 0.15) is 0 Å². The van der Waals surface area contributed by atoms with E-state index in [9.17, 15) is 0 Å². The molecule has 7 heteroatoms. The minimum absolute atomic E-state index is 0.956. The maximum atomic E-state index is 8.74. The van der Waals surface area contributed by atoms with Crippen molar-refractivity contribution >= 4 is 39.4 Å². The number of nitrogen functional groups attached to an aromatic ring is 1. The first-order valence-corrected chi connectivity index (χ1v) is 11.2. The van der Waals surface area contributed by atoms with Crippen LogP contribution in [0.4, 0.5) is 5.69 Å². The van der Waals surface area contributed by atoms with Crippen molar-refractivity contribution in [2.75, 3.05) is 5.73 Å². The third-order valence-corrected chi connectivity index (χ3v) is 8.62. The van der Waals surface area contributed by atoms with E-state index in [0.717, 1.165) is 5.69 Å². The SMILES string of the molecule is CC[As](c1ccccc1C)c1ccccc1N.O=S(=O)(O)O. The molecule has 0 saturated heterocycles. The molecule has 0 heterocycles. The minimum atomic E-state index is -4.67. The van der Waals surface area contributed by atoms with Crippen LogP contribution < -0.4 is 14.4 Å². The molecule has 2 rings (SSSR count). The Morgan fingerprint density at radius 2 is 1.45 bits per heavy atom. The molecule has 0 aliphatic rings. The van der Waals surface area contributed by atoms with Gasteiger partial charge in [0.15, 0.2) is 0 Å². The van der Waals surface area contributed by atoms with Crippen LogP contribution >= 0.6 is 0 Å². The number of hydrogen-bond donors (Lipinski definition) is 3. The monoisotopic (exact) mass is 385 g/mol. The Bertz CT molecular complexity index is 665. The molecule has 0 aliphatic carbocycles. The van der Waals surface area contributed by atoms with E-state index in [4.69, 9.17) is 23.3 Å². The zero-order valence-electron chi connectivity index (χ0n) is 12.5. The van der Waals surface area contributed by atoms with Crippen LogP contribution in [0.2, 0.25) is 5.21 Å². The number of anilines is 1. The molecule has 0 radical (unpaired) electrons. The van der Waals surface area contributed by atoms with Gasteiger partial charge in [0.05, 0.1) is 0 Å². The Balaban J connectivity index is 0.000000422. The maximum Gasteiger partial charge on any atom is 0.394 e. The molecule has 4 N–H and O–H groups in total. The van der Waals surface area contributed by atoms with Crippen molar-refractivity contribution in [2.45, 2.75) is 19.1 Å². The molecule has 5 nitrogen and oxygen atoms in total. The van der Waals surface area contributed by atoms with Crippen molar-refractivity contribution in [1.29, 1.82) is 0 Å². The first-order chi connectivity index (χ1) is 10.2. The number of nitrogens with two attached hydrogens (primary N) is 1. The van der Waals surface area contributed by atoms with Gasteiger partial charge >= 0.3 is 118 Å². The number of para-hydroxylation sites is 1. The molecule has 0 aromatic heterocycles. The van der Waals surface area contributed by atoms with E-state index in [-0.39, 0.29) is 0 Å². The molecule has 1 atom stereocenters. The molecule has 120 valence electrons. The third kappa shape index (κ3) is 6.20. The van der Waals surface area contributed by atoms with Crippen molar-refractivity contribution in [2.24, 2.45) is 0 Å². The number of benzene rings is 2. The quantitative estimate of drug-likeness (QED) is 0.423. The Morgan fingerprint density at radius 3 is 1.91 bits per heavy atom. The predicted molar refractivity (Wildman–Crippen MR) is 91.7 cm³/mol. The van der Waals surface area contributed by atoms with Gasteiger partial charge in [0.2, 0.25) is 0 Å². The summed E-state index contributed by atoms with van der Waals surface area (Å²) in [6, 6.07) is 17.0. The Hall–Kier alpha value is -1.33. The summed E-state index contributed by atoms with van der Waals surface area (Å²) in [6.45, 7) is 4.48. The second-order valence-electron chi connectivity index (χ2n) is 4.54. The summed E-state index contributed by atoms with van der Waals surface area (Å²) in [5.41, 5.74) is 8.48. The minimum Gasteiger partial charge on any atom is -0.264 e. The Morgan fingerprint density at radius 1 is 1.00 bits per heavy atom. The molecule has 0 fully saturated rings. The zero-order valence-corrected chi connectivity index (χ0v) is 15.2. The average Bonchev–Trinajstić information content (AvgIpc) is 2.42. The van der Waals surface area contributed by atoms with Crippen molar-refractivity contribution in [3.63, 3.8) is 0 Å². The van der Waals surface area contributed by atoms with Gasteiger partial charge in [-0.3, -0.25) is 9.11 Å². The standard InChI is InChI=1S/C15H18AsN.H2O4S/c1-3-16(13-9-5-4-8-12(13)2)14-10-6-7-11-15(14)17;1-5(2,3)4/h4-11H,3,17H2,1-2H3;(H2,1,2,3,4). The largest absolute Gasteiger partial charge is 0.394 e. The normalized spacial score (nSPS) is 12.2. The van der Waals surface area contributed by atoms with Crippen LogP contribution in [0.15, 0.2) is 48.5 Å². The van der Waals surface area contributed by atoms with Crippen LogP contribution in [-0.2, 0) is 10.4 Å². The summed E-state index contributed by atoms with van der Waals surface area (Å²) < 4.78 is 34.5. The van der Waals surface area contributed by atoms with Gasteiger partial charge in [-0.25, -0.2) is 0 Å². The van der Waals surface area contributed by atoms with Gasteiger partial charge in [-0.05, 0) is 0 Å². The molecular formula is C15H20AsNO4S. The summed E-state index contributed by atoms with van der Waals surface area (Å²) in [5.74, 6) is 0. The van der Waals surface area contributed by atoms with Gasteiger partial charge in [0.25, 0.3) is 0 Å². The number of aryl methyl sites for hydroxylation is 1. The van der Waals surface area contributed by atoms with E-state index in [1.165, 1.54) is 19.5 Å². The molecular weight excluding hydrogens is 365 g/mol. The molecule has 0 saturated carbocycles. The van der Waals surface area contributed by atoms with Gasteiger partial charge < -0.3 is 0 Å². The first kappa shape index (κ1) is 18.7. The molecule has 0 spiro atoms. The Kier molecular flexibility index (Phi) is 7.10. The maximum absolute atomic E-state index is 8.74. The summed E-state index contributed by atoms with van der Waals surface area (Å²) in [6.07, 6.45) is 0. The van der Waals surface area contributed by atoms with Crippen LogP contribution in [-0.4, -0.2) is 32.2 Å². The number of hydrogen-bond acceptors (Lipinski definition) is 3. The molecule has 0 bridgehead atoms. The summed E-state index contributed by atoms with van der Waals surface area (Å²) in [5, 5.41) is 1.21. The first-order valence-electron chi connectivity index (χ1n) is 6.61. The second-order valence-corrected chi connectivity index (χ2v) is 10.6. The summed E-state index contributed by atoms with van der Waals surface area (Å²) in [4.78, 5) is 0. The fraction of sp³-hybridized carbons (Fsp3) is 0.200. The van der Waals surface area contributed by atoms with Gasteiger partial charge in [-0.15, -0.1) is 0 Å². The topological polar surface area (TPSA) is 101 Å². The van der Waals surface area contributed by atoms with Crippen molar-refractivity contribution in [3.05, 3.63) is 54.1 Å². The smallest absolute Gasteiger partial charge is 0.264 e. The molecule has 2 aromatic carbocycles. The van der Waals surface area contributed by atoms with E-state index in [1.807, 2.05) is 12.1 Å². The molecule has 0 aliphatic heterocycles. The molecule has 2 aromatic rings. The van der Waals surface area contributed by atoms with E-state index >= 15 is 0 Å². The van der Waals surface area contributed by atoms with Crippen molar-refractivity contribution in [1.82, 2.24) is 0 Å².